The predicted octanol–water partition coefficient (Wildman–Crippen LogP) is -1.19. The highest BCUT2D eigenvalue weighted by atomic mass is 31.3. The van der Waals surface area contributed by atoms with Crippen LogP contribution in [0.4, 0.5) is 5.82 Å². The van der Waals surface area contributed by atoms with Crippen molar-refractivity contribution < 1.29 is 55.9 Å². The molecule has 0 aliphatic carbocycles. The van der Waals surface area contributed by atoms with E-state index in [0.29, 0.717) is 0 Å². The van der Waals surface area contributed by atoms with Gasteiger partial charge in [0.25, 0.3) is 0 Å². The zero-order valence-electron chi connectivity index (χ0n) is 14.4. The summed E-state index contributed by atoms with van der Waals surface area (Å²) >= 11 is 0. The lowest BCUT2D eigenvalue weighted by atomic mass is 10.1. The van der Waals surface area contributed by atoms with Crippen LogP contribution in [0.3, 0.4) is 0 Å². The fourth-order valence-corrected chi connectivity index (χ4v) is 7.45. The predicted molar refractivity (Wildman–Crippen MR) is 93.2 cm³/mol. The number of aliphatic hydroxyl groups is 2. The van der Waals surface area contributed by atoms with Gasteiger partial charge >= 0.3 is 29.2 Å². The van der Waals surface area contributed by atoms with Gasteiger partial charge in [0.1, 0.15) is 24.1 Å². The molecule has 19 heteroatoms. The molecule has 3 rings (SSSR count). The normalized spacial score (nSPS) is 41.4. The average molecular weight is 489 g/mol. The minimum atomic E-state index is -5.26. The van der Waals surface area contributed by atoms with Crippen molar-refractivity contribution in [2.45, 2.75) is 24.5 Å². The molecule has 2 aliphatic rings. The molecule has 30 heavy (non-hydrogen) atoms. The van der Waals surface area contributed by atoms with Gasteiger partial charge in [-0.25, -0.2) is 18.5 Å². The molecule has 0 spiro atoms. The van der Waals surface area contributed by atoms with E-state index in [4.69, 9.17) is 16.9 Å². The maximum absolute atomic E-state index is 12.2. The van der Waals surface area contributed by atoms with Crippen LogP contribution in [0.25, 0.3) is 0 Å². The molecule has 0 aromatic carbocycles. The van der Waals surface area contributed by atoms with Crippen LogP contribution in [0, 0.1) is 12.3 Å². The molecular formula is C11H14N3O13P3. The first-order valence-corrected chi connectivity index (χ1v) is 12.1. The first-order valence-electron chi connectivity index (χ1n) is 7.67. The summed E-state index contributed by atoms with van der Waals surface area (Å²) in [6.07, 6.45) is -0.254. The molecule has 0 saturated carbocycles. The van der Waals surface area contributed by atoms with Crippen LogP contribution < -0.4 is 11.4 Å². The molecule has 1 aromatic heterocycles. The van der Waals surface area contributed by atoms with Crippen molar-refractivity contribution in [1.82, 2.24) is 9.55 Å². The SMILES string of the molecule is C#Cc1cn([C@@H]2O[C@H](COP3(=O)OP(=O)(O)OP(=O)(O)O3)[C@H](O)[C@@H]2O)c(=O)nc1N. The number of nitrogen functional groups attached to an aromatic ring is 1. The number of phosphoric acid groups is 3. The van der Waals surface area contributed by atoms with Crippen LogP contribution in [-0.2, 0) is 35.9 Å². The molecule has 166 valence electrons. The molecule has 0 radical (unpaired) electrons. The number of anilines is 1. The highest BCUT2D eigenvalue weighted by Crippen LogP contribution is 2.80. The molecule has 0 bridgehead atoms. The van der Waals surface area contributed by atoms with Crippen molar-refractivity contribution in [3.63, 3.8) is 0 Å². The fourth-order valence-electron chi connectivity index (χ4n) is 2.51. The van der Waals surface area contributed by atoms with E-state index in [2.05, 4.69) is 28.4 Å². The number of terminal acetylenes is 1. The first kappa shape index (κ1) is 23.2. The molecule has 2 unspecified atom stereocenters. The number of ether oxygens (including phenoxy) is 1. The van der Waals surface area contributed by atoms with Crippen LogP contribution in [0.5, 0.6) is 0 Å². The van der Waals surface area contributed by atoms with Gasteiger partial charge in [0.15, 0.2) is 6.23 Å². The van der Waals surface area contributed by atoms with Gasteiger partial charge in [0.05, 0.1) is 12.2 Å². The Bertz CT molecular complexity index is 1070. The summed E-state index contributed by atoms with van der Waals surface area (Å²) in [5, 5.41) is 20.3. The second kappa shape index (κ2) is 7.92. The van der Waals surface area contributed by atoms with E-state index in [1.165, 1.54) is 0 Å². The molecule has 16 nitrogen and oxygen atoms in total. The van der Waals surface area contributed by atoms with Crippen molar-refractivity contribution >= 4 is 29.3 Å². The van der Waals surface area contributed by atoms with Crippen LogP contribution in [0.2, 0.25) is 0 Å². The lowest BCUT2D eigenvalue weighted by molar-refractivity contribution is -0.0544. The Kier molecular flexibility index (Phi) is 6.14. The van der Waals surface area contributed by atoms with E-state index in [-0.39, 0.29) is 11.4 Å². The molecule has 6 atom stereocenters. The number of hydrogen-bond donors (Lipinski definition) is 5. The molecule has 1 aromatic rings. The third-order valence-corrected chi connectivity index (χ3v) is 9.12. The monoisotopic (exact) mass is 489 g/mol. The van der Waals surface area contributed by atoms with Crippen LogP contribution in [-0.4, -0.2) is 54.5 Å². The summed E-state index contributed by atoms with van der Waals surface area (Å²) in [5.74, 6) is 1.91. The second-order valence-electron chi connectivity index (χ2n) is 5.85. The van der Waals surface area contributed by atoms with Gasteiger partial charge in [0, 0.05) is 6.20 Å². The number of rotatable bonds is 4. The Hall–Kier alpha value is -1.43. The molecule has 2 aliphatic heterocycles. The van der Waals surface area contributed by atoms with Crippen molar-refractivity contribution in [3.05, 3.63) is 22.2 Å². The zero-order chi connectivity index (χ0) is 22.5. The standard InChI is InChI=1S/C11H14N3O13P3/c1-2-5-3-14(11(17)13-9(5)12)10-8(16)7(15)6(24-10)4-23-30(22)26-28(18,19)25-29(20,21)27-30/h1,3,6-8,10,15-16H,4H2,(H,18,19)(H,20,21)(H2,12,13,17)/t6-,7+,8+,10-/m1/s1. The molecule has 0 amide bonds. The minimum Gasteiger partial charge on any atom is -0.387 e. The summed E-state index contributed by atoms with van der Waals surface area (Å²) in [6, 6.07) is 0. The van der Waals surface area contributed by atoms with Gasteiger partial charge in [-0.2, -0.15) is 17.9 Å². The van der Waals surface area contributed by atoms with Crippen LogP contribution in [0.1, 0.15) is 11.8 Å². The maximum Gasteiger partial charge on any atom is 0.492 e. The Morgan fingerprint density at radius 3 is 2.37 bits per heavy atom. The topological polar surface area (TPSA) is 239 Å². The lowest BCUT2D eigenvalue weighted by Crippen LogP contribution is -2.36. The summed E-state index contributed by atoms with van der Waals surface area (Å²) in [6.45, 7) is -0.939. The summed E-state index contributed by atoms with van der Waals surface area (Å²) in [4.78, 5) is 33.9. The average Bonchev–Trinajstić information content (AvgIpc) is 2.85. The Balaban J connectivity index is 1.78. The van der Waals surface area contributed by atoms with Crippen molar-refractivity contribution in [3.8, 4) is 12.3 Å². The number of aliphatic hydroxyl groups excluding tert-OH is 2. The molecular weight excluding hydrogens is 475 g/mol. The van der Waals surface area contributed by atoms with Gasteiger partial charge in [-0.1, -0.05) is 5.92 Å². The maximum atomic E-state index is 12.2. The highest BCUT2D eigenvalue weighted by Gasteiger charge is 2.55. The van der Waals surface area contributed by atoms with E-state index in [1.807, 2.05) is 0 Å². The summed E-state index contributed by atoms with van der Waals surface area (Å²) in [5.41, 5.74) is 4.50. The minimum absolute atomic E-state index is 0.00886. The van der Waals surface area contributed by atoms with E-state index in [1.54, 1.807) is 0 Å². The molecule has 6 N–H and O–H groups in total. The molecule has 3 heterocycles. The van der Waals surface area contributed by atoms with E-state index >= 15 is 0 Å². The van der Waals surface area contributed by atoms with Gasteiger partial charge in [-0.05, 0) is 0 Å². The van der Waals surface area contributed by atoms with Gasteiger partial charge in [-0.15, -0.1) is 6.42 Å². The Labute approximate surface area is 167 Å². The quantitative estimate of drug-likeness (QED) is 0.247. The summed E-state index contributed by atoms with van der Waals surface area (Å²) in [7, 11) is -15.6. The van der Waals surface area contributed by atoms with Crippen molar-refractivity contribution in [2.75, 3.05) is 12.3 Å². The third kappa shape index (κ3) is 4.74. The van der Waals surface area contributed by atoms with Crippen molar-refractivity contribution in [1.29, 1.82) is 0 Å². The number of nitrogens with two attached hydrogens (primary N) is 1. The number of aromatic nitrogens is 2. The fraction of sp³-hybridized carbons (Fsp3) is 0.455. The van der Waals surface area contributed by atoms with Crippen LogP contribution >= 0.6 is 23.5 Å². The lowest BCUT2D eigenvalue weighted by Gasteiger charge is -2.27. The highest BCUT2D eigenvalue weighted by molar-refractivity contribution is 7.74. The Morgan fingerprint density at radius 1 is 1.20 bits per heavy atom. The van der Waals surface area contributed by atoms with Gasteiger partial charge in [0.2, 0.25) is 0 Å². The number of hydrogen-bond acceptors (Lipinski definition) is 13. The molecule has 2 saturated heterocycles. The van der Waals surface area contributed by atoms with Crippen molar-refractivity contribution in [2.24, 2.45) is 0 Å². The van der Waals surface area contributed by atoms with E-state index in [9.17, 15) is 38.5 Å². The molecule has 2 fully saturated rings. The number of nitrogens with zero attached hydrogens (tertiary/aromatic N) is 2. The van der Waals surface area contributed by atoms with Crippen LogP contribution in [0.15, 0.2) is 11.0 Å². The smallest absolute Gasteiger partial charge is 0.387 e. The second-order valence-corrected chi connectivity index (χ2v) is 10.8. The Morgan fingerprint density at radius 2 is 1.80 bits per heavy atom. The summed E-state index contributed by atoms with van der Waals surface area (Å²) < 4.78 is 57.5. The van der Waals surface area contributed by atoms with Gasteiger partial charge in [-0.3, -0.25) is 9.09 Å². The first-order chi connectivity index (χ1) is 13.8. The van der Waals surface area contributed by atoms with E-state index in [0.717, 1.165) is 10.8 Å². The largest absolute Gasteiger partial charge is 0.492 e. The third-order valence-electron chi connectivity index (χ3n) is 3.76. The zero-order valence-corrected chi connectivity index (χ0v) is 17.1. The van der Waals surface area contributed by atoms with E-state index < -0.39 is 60.3 Å². The van der Waals surface area contributed by atoms with Gasteiger partial charge < -0.3 is 30.5 Å².